The number of halogens is 1. The van der Waals surface area contributed by atoms with Crippen LogP contribution in [-0.4, -0.2) is 66.0 Å². The molecule has 1 unspecified atom stereocenters. The summed E-state index contributed by atoms with van der Waals surface area (Å²) in [7, 11) is 0. The van der Waals surface area contributed by atoms with E-state index in [9.17, 15) is 14.4 Å². The van der Waals surface area contributed by atoms with Crippen LogP contribution in [0.4, 0.5) is 4.39 Å². The lowest BCUT2D eigenvalue weighted by molar-refractivity contribution is -1.11. The third kappa shape index (κ3) is 4.03. The molecule has 4 heterocycles. The molecule has 4 saturated heterocycles. The first-order valence-corrected chi connectivity index (χ1v) is 10.2. The number of hydrogen-bond donors (Lipinski definition) is 2. The highest BCUT2D eigenvalue weighted by Gasteiger charge is 2.55. The minimum absolute atomic E-state index is 0.0354. The van der Waals surface area contributed by atoms with Crippen LogP contribution in [0.25, 0.3) is 0 Å². The number of nitrogens with zero attached hydrogens (tertiary/aromatic N) is 2. The Morgan fingerprint density at radius 1 is 1.33 bits per heavy atom. The van der Waals surface area contributed by atoms with Gasteiger partial charge >= 0.3 is 0 Å². The van der Waals surface area contributed by atoms with Gasteiger partial charge in [0.1, 0.15) is 25.5 Å². The van der Waals surface area contributed by atoms with Gasteiger partial charge in [-0.05, 0) is 36.0 Å². The molecule has 2 bridgehead atoms. The third-order valence-corrected chi connectivity index (χ3v) is 7.13. The maximum absolute atomic E-state index is 13.0. The monoisotopic (exact) mass is 376 g/mol. The number of fused-ring (bicyclic) bond motifs is 3. The summed E-state index contributed by atoms with van der Waals surface area (Å²) < 4.78 is 13.1. The topological polar surface area (TPSA) is 52.6 Å². The van der Waals surface area contributed by atoms with Crippen LogP contribution in [0.1, 0.15) is 31.7 Å². The summed E-state index contributed by atoms with van der Waals surface area (Å²) in [6, 6.07) is 6.89. The van der Waals surface area contributed by atoms with Crippen LogP contribution >= 0.6 is 0 Å². The predicted octanol–water partition coefficient (Wildman–Crippen LogP) is 2.19. The molecular formula is C21H31FN3O2+. The van der Waals surface area contributed by atoms with Crippen molar-refractivity contribution in [1.29, 1.82) is 0 Å². The number of likely N-dealkylation sites (tertiary alicyclic amines) is 1. The van der Waals surface area contributed by atoms with Crippen LogP contribution in [0.15, 0.2) is 24.3 Å². The highest BCUT2D eigenvalue weighted by Crippen LogP contribution is 2.46. The second-order valence-electron chi connectivity index (χ2n) is 9.10. The van der Waals surface area contributed by atoms with E-state index >= 15 is 0 Å². The van der Waals surface area contributed by atoms with Crippen LogP contribution in [0, 0.1) is 17.2 Å². The Morgan fingerprint density at radius 2 is 2.04 bits per heavy atom. The highest BCUT2D eigenvalue weighted by atomic mass is 19.1. The molecule has 5 nitrogen and oxygen atoms in total. The molecule has 2 N–H and O–H groups in total. The minimum atomic E-state index is -0.198. The maximum atomic E-state index is 13.0. The third-order valence-electron chi connectivity index (χ3n) is 7.13. The van der Waals surface area contributed by atoms with E-state index in [1.165, 1.54) is 12.1 Å². The van der Waals surface area contributed by atoms with Gasteiger partial charge in [0.05, 0.1) is 5.92 Å². The van der Waals surface area contributed by atoms with Gasteiger partial charge in [-0.15, -0.1) is 0 Å². The van der Waals surface area contributed by atoms with E-state index in [1.807, 2.05) is 12.1 Å². The van der Waals surface area contributed by atoms with Gasteiger partial charge in [0.25, 0.3) is 0 Å². The smallest absolute Gasteiger partial charge is 0.229 e. The number of carbonyl (C=O) groups excluding carboxylic acids is 1. The first kappa shape index (κ1) is 18.8. The molecular weight excluding hydrogens is 345 g/mol. The highest BCUT2D eigenvalue weighted by molar-refractivity contribution is 5.80. The molecule has 1 aromatic rings. The zero-order valence-electron chi connectivity index (χ0n) is 16.2. The second kappa shape index (κ2) is 7.15. The van der Waals surface area contributed by atoms with Crippen molar-refractivity contribution in [2.75, 3.05) is 39.3 Å². The van der Waals surface area contributed by atoms with E-state index in [-0.39, 0.29) is 33.7 Å². The van der Waals surface area contributed by atoms with Crippen molar-refractivity contribution < 1.29 is 19.0 Å². The molecule has 4 aliphatic rings. The van der Waals surface area contributed by atoms with Crippen LogP contribution in [0.2, 0.25) is 0 Å². The summed E-state index contributed by atoms with van der Waals surface area (Å²) in [6.45, 7) is 7.11. The van der Waals surface area contributed by atoms with E-state index in [4.69, 9.17) is 0 Å². The molecule has 0 aliphatic carbocycles. The second-order valence-corrected chi connectivity index (χ2v) is 9.10. The van der Waals surface area contributed by atoms with Gasteiger partial charge in [-0.25, -0.2) is 9.60 Å². The fourth-order valence-electron chi connectivity index (χ4n) is 5.05. The number of quaternary nitrogens is 1. The molecule has 0 spiro atoms. The maximum Gasteiger partial charge on any atom is 0.229 e. The predicted molar refractivity (Wildman–Crippen MR) is 101 cm³/mol. The van der Waals surface area contributed by atoms with Crippen molar-refractivity contribution in [2.45, 2.75) is 38.6 Å². The molecule has 2 atom stereocenters. The molecule has 4 aliphatic heterocycles. The summed E-state index contributed by atoms with van der Waals surface area (Å²) in [5, 5.41) is 13.8. The molecule has 5 rings (SSSR count). The van der Waals surface area contributed by atoms with Crippen LogP contribution in [-0.2, 0) is 11.2 Å². The van der Waals surface area contributed by atoms with Crippen LogP contribution in [0.3, 0.4) is 0 Å². The van der Waals surface area contributed by atoms with Crippen molar-refractivity contribution in [3.8, 4) is 0 Å². The van der Waals surface area contributed by atoms with E-state index < -0.39 is 0 Å². The van der Waals surface area contributed by atoms with Crippen molar-refractivity contribution in [2.24, 2.45) is 11.3 Å². The Bertz CT molecular complexity index is 685. The standard InChI is InChI=1S/C21H30FN3O2/c1-21-8-12-25(27,13-9-21)15-19(21)20(26)23-18-7-11-24(14-18)10-6-16-2-4-17(22)5-3-16/h2-5,18-19,27H,6-15H2,1H3/p+1/t18-,19?,21?,25?/m0/s1. The van der Waals surface area contributed by atoms with Gasteiger partial charge in [0.15, 0.2) is 0 Å². The normalized spacial score (nSPS) is 36.1. The largest absolute Gasteiger partial charge is 0.352 e. The summed E-state index contributed by atoms with van der Waals surface area (Å²) in [5.41, 5.74) is 1.18. The Balaban J connectivity index is 1.27. The number of hydroxylamine groups is 3. The molecule has 148 valence electrons. The van der Waals surface area contributed by atoms with Gasteiger partial charge in [-0.1, -0.05) is 19.1 Å². The summed E-state index contributed by atoms with van der Waals surface area (Å²) >= 11 is 0. The quantitative estimate of drug-likeness (QED) is 0.775. The molecule has 6 heteroatoms. The first-order chi connectivity index (χ1) is 12.9. The lowest BCUT2D eigenvalue weighted by Crippen LogP contribution is -2.66. The fourth-order valence-corrected chi connectivity index (χ4v) is 5.05. The minimum Gasteiger partial charge on any atom is -0.352 e. The Labute approximate surface area is 160 Å². The first-order valence-electron chi connectivity index (χ1n) is 10.2. The van der Waals surface area contributed by atoms with E-state index in [1.54, 1.807) is 0 Å². The lowest BCUT2D eigenvalue weighted by atomic mass is 9.65. The average molecular weight is 376 g/mol. The van der Waals surface area contributed by atoms with Gasteiger partial charge in [0.2, 0.25) is 5.91 Å². The fraction of sp³-hybridized carbons (Fsp3) is 0.667. The van der Waals surface area contributed by atoms with Gasteiger partial charge in [-0.3, -0.25) is 4.79 Å². The van der Waals surface area contributed by atoms with Gasteiger partial charge in [0, 0.05) is 38.5 Å². The summed E-state index contributed by atoms with van der Waals surface area (Å²) in [6.07, 6.45) is 3.72. The van der Waals surface area contributed by atoms with Crippen LogP contribution < -0.4 is 5.32 Å². The Hall–Kier alpha value is -1.50. The van der Waals surface area contributed by atoms with Crippen molar-refractivity contribution in [3.05, 3.63) is 35.6 Å². The SMILES string of the molecule is CC12CC[N+](O)(CC1)CC2C(=O)N[C@H]1CCN(CCc2ccc(F)cc2)C1. The number of benzene rings is 1. The lowest BCUT2D eigenvalue weighted by Gasteiger charge is -2.52. The number of carbonyl (C=O) groups is 1. The van der Waals surface area contributed by atoms with E-state index in [2.05, 4.69) is 17.1 Å². The zero-order chi connectivity index (χ0) is 19.1. The van der Waals surface area contributed by atoms with Crippen molar-refractivity contribution in [3.63, 3.8) is 0 Å². The number of piperidine rings is 3. The molecule has 0 aromatic heterocycles. The average Bonchev–Trinajstić information content (AvgIpc) is 3.09. The van der Waals surface area contributed by atoms with E-state index in [0.29, 0.717) is 6.54 Å². The number of hydrogen-bond acceptors (Lipinski definition) is 3. The van der Waals surface area contributed by atoms with Crippen LogP contribution in [0.5, 0.6) is 0 Å². The van der Waals surface area contributed by atoms with Crippen molar-refractivity contribution in [1.82, 2.24) is 10.2 Å². The molecule has 0 radical (unpaired) electrons. The molecule has 0 saturated carbocycles. The Morgan fingerprint density at radius 3 is 2.74 bits per heavy atom. The van der Waals surface area contributed by atoms with Gasteiger partial charge in [-0.2, -0.15) is 4.65 Å². The zero-order valence-corrected chi connectivity index (χ0v) is 16.2. The summed E-state index contributed by atoms with van der Waals surface area (Å²) in [5.74, 6) is -0.159. The van der Waals surface area contributed by atoms with E-state index in [0.717, 1.165) is 64.0 Å². The number of nitrogens with one attached hydrogen (secondary N) is 1. The molecule has 1 amide bonds. The molecule has 1 aromatic carbocycles. The molecule has 4 fully saturated rings. The molecule has 27 heavy (non-hydrogen) atoms. The van der Waals surface area contributed by atoms with Crippen molar-refractivity contribution >= 4 is 5.91 Å². The summed E-state index contributed by atoms with van der Waals surface area (Å²) in [4.78, 5) is 15.3. The number of amides is 1. The van der Waals surface area contributed by atoms with Gasteiger partial charge < -0.3 is 10.2 Å². The number of rotatable bonds is 5. The Kier molecular flexibility index (Phi) is 4.99.